The molecule has 1 atom stereocenters. The molecule has 1 heterocycles. The van der Waals surface area contributed by atoms with Crippen LogP contribution in [-0.2, 0) is 9.53 Å². The van der Waals surface area contributed by atoms with Crippen LogP contribution in [0.5, 0.6) is 0 Å². The van der Waals surface area contributed by atoms with Crippen LogP contribution in [-0.4, -0.2) is 47.7 Å². The average Bonchev–Trinajstić information content (AvgIpc) is 2.96. The maximum Gasteiger partial charge on any atom is 0.305 e. The van der Waals surface area contributed by atoms with Crippen molar-refractivity contribution < 1.29 is 19.4 Å². The molecule has 1 aromatic rings. The summed E-state index contributed by atoms with van der Waals surface area (Å²) in [7, 11) is 0. The highest BCUT2D eigenvalue weighted by atomic mass is 16.5. The Balaban J connectivity index is 2.06. The van der Waals surface area contributed by atoms with Crippen LogP contribution in [0.4, 0.5) is 0 Å². The number of hydrogen-bond acceptors (Lipinski definition) is 3. The monoisotopic (exact) mass is 291 g/mol. The summed E-state index contributed by atoms with van der Waals surface area (Å²) in [6.07, 6.45) is 1.89. The van der Waals surface area contributed by atoms with Crippen molar-refractivity contribution in [2.75, 3.05) is 19.7 Å². The van der Waals surface area contributed by atoms with Gasteiger partial charge in [0.05, 0.1) is 12.5 Å². The van der Waals surface area contributed by atoms with Gasteiger partial charge in [-0.15, -0.1) is 0 Å². The average molecular weight is 291 g/mol. The minimum Gasteiger partial charge on any atom is -0.481 e. The van der Waals surface area contributed by atoms with Gasteiger partial charge < -0.3 is 14.7 Å². The quantitative estimate of drug-likeness (QED) is 0.871. The lowest BCUT2D eigenvalue weighted by Gasteiger charge is -2.25. The van der Waals surface area contributed by atoms with Crippen molar-refractivity contribution in [2.45, 2.75) is 32.3 Å². The lowest BCUT2D eigenvalue weighted by Crippen LogP contribution is -2.38. The van der Waals surface area contributed by atoms with Gasteiger partial charge in [0.25, 0.3) is 5.91 Å². The molecule has 5 nitrogen and oxygen atoms in total. The van der Waals surface area contributed by atoms with Crippen molar-refractivity contribution in [3.8, 4) is 0 Å². The Morgan fingerprint density at radius 1 is 1.33 bits per heavy atom. The Labute approximate surface area is 124 Å². The number of aryl methyl sites for hydroxylation is 1. The predicted molar refractivity (Wildman–Crippen MR) is 78.3 cm³/mol. The molecular formula is C16H21NO4. The van der Waals surface area contributed by atoms with E-state index in [-0.39, 0.29) is 25.0 Å². The smallest absolute Gasteiger partial charge is 0.305 e. The maximum atomic E-state index is 12.5. The van der Waals surface area contributed by atoms with Crippen molar-refractivity contribution in [3.05, 3.63) is 35.4 Å². The third-order valence-corrected chi connectivity index (χ3v) is 3.63. The van der Waals surface area contributed by atoms with Gasteiger partial charge in [0, 0.05) is 25.3 Å². The van der Waals surface area contributed by atoms with Crippen molar-refractivity contribution in [1.29, 1.82) is 0 Å². The first-order valence-corrected chi connectivity index (χ1v) is 7.25. The maximum absolute atomic E-state index is 12.5. The second kappa shape index (κ2) is 7.22. The largest absolute Gasteiger partial charge is 0.481 e. The Morgan fingerprint density at radius 2 is 2.05 bits per heavy atom. The normalized spacial score (nSPS) is 17.7. The number of nitrogens with zero attached hydrogens (tertiary/aromatic N) is 1. The number of rotatable bonds is 6. The highest BCUT2D eigenvalue weighted by Crippen LogP contribution is 2.16. The van der Waals surface area contributed by atoms with Crippen LogP contribution in [0.1, 0.15) is 35.2 Å². The first-order valence-electron chi connectivity index (χ1n) is 7.25. The van der Waals surface area contributed by atoms with E-state index in [9.17, 15) is 9.59 Å². The molecular weight excluding hydrogens is 270 g/mol. The summed E-state index contributed by atoms with van der Waals surface area (Å²) in [6.45, 7) is 3.35. The number of carboxylic acid groups (broad SMARTS) is 1. The third-order valence-electron chi connectivity index (χ3n) is 3.63. The predicted octanol–water partition coefficient (Wildman–Crippen LogP) is 2.09. The molecule has 21 heavy (non-hydrogen) atoms. The van der Waals surface area contributed by atoms with E-state index in [2.05, 4.69) is 0 Å². The number of carbonyl (C=O) groups excluding carboxylic acids is 1. The van der Waals surface area contributed by atoms with E-state index in [0.29, 0.717) is 12.1 Å². The van der Waals surface area contributed by atoms with Crippen LogP contribution in [0.3, 0.4) is 0 Å². The van der Waals surface area contributed by atoms with Crippen LogP contribution in [0.2, 0.25) is 0 Å². The van der Waals surface area contributed by atoms with Crippen molar-refractivity contribution >= 4 is 11.9 Å². The molecule has 1 aliphatic heterocycles. The van der Waals surface area contributed by atoms with Gasteiger partial charge in [0.1, 0.15) is 0 Å². The fourth-order valence-electron chi connectivity index (χ4n) is 2.42. The SMILES string of the molecule is Cc1ccc(C(=O)N(CCC(=O)O)C[C@H]2CCCO2)cc1. The number of carboxylic acids is 1. The molecule has 114 valence electrons. The molecule has 0 bridgehead atoms. The summed E-state index contributed by atoms with van der Waals surface area (Å²) in [5.74, 6) is -1.03. The number of aliphatic carboxylic acids is 1. The fraction of sp³-hybridized carbons (Fsp3) is 0.500. The molecule has 1 aromatic carbocycles. The molecule has 0 unspecified atom stereocenters. The zero-order valence-electron chi connectivity index (χ0n) is 12.2. The number of amides is 1. The first kappa shape index (κ1) is 15.5. The summed E-state index contributed by atoms with van der Waals surface area (Å²) in [5, 5.41) is 8.84. The van der Waals surface area contributed by atoms with Gasteiger partial charge in [0.15, 0.2) is 0 Å². The van der Waals surface area contributed by atoms with Gasteiger partial charge in [-0.05, 0) is 31.9 Å². The van der Waals surface area contributed by atoms with E-state index in [0.717, 1.165) is 25.0 Å². The minimum atomic E-state index is -0.899. The van der Waals surface area contributed by atoms with Crippen LogP contribution >= 0.6 is 0 Å². The molecule has 5 heteroatoms. The molecule has 0 spiro atoms. The van der Waals surface area contributed by atoms with E-state index < -0.39 is 5.97 Å². The molecule has 1 saturated heterocycles. The number of ether oxygens (including phenoxy) is 1. The van der Waals surface area contributed by atoms with Gasteiger partial charge in [-0.1, -0.05) is 17.7 Å². The number of benzene rings is 1. The van der Waals surface area contributed by atoms with Crippen molar-refractivity contribution in [2.24, 2.45) is 0 Å². The van der Waals surface area contributed by atoms with Gasteiger partial charge >= 0.3 is 5.97 Å². The molecule has 1 fully saturated rings. The summed E-state index contributed by atoms with van der Waals surface area (Å²) >= 11 is 0. The molecule has 0 saturated carbocycles. The summed E-state index contributed by atoms with van der Waals surface area (Å²) in [5.41, 5.74) is 1.67. The van der Waals surface area contributed by atoms with Gasteiger partial charge in [-0.25, -0.2) is 0 Å². The first-order chi connectivity index (χ1) is 10.1. The number of carbonyl (C=O) groups is 2. The Bertz CT molecular complexity index is 492. The Hall–Kier alpha value is -1.88. The van der Waals surface area contributed by atoms with E-state index in [1.54, 1.807) is 17.0 Å². The number of hydrogen-bond donors (Lipinski definition) is 1. The topological polar surface area (TPSA) is 66.8 Å². The van der Waals surface area contributed by atoms with E-state index in [4.69, 9.17) is 9.84 Å². The Kier molecular flexibility index (Phi) is 5.33. The molecule has 1 amide bonds. The van der Waals surface area contributed by atoms with Crippen LogP contribution < -0.4 is 0 Å². The van der Waals surface area contributed by atoms with Gasteiger partial charge in [-0.2, -0.15) is 0 Å². The third kappa shape index (κ3) is 4.56. The standard InChI is InChI=1S/C16H21NO4/c1-12-4-6-13(7-5-12)16(20)17(9-8-15(18)19)11-14-3-2-10-21-14/h4-7,14H,2-3,8-11H2,1H3,(H,18,19)/t14-/m1/s1. The van der Waals surface area contributed by atoms with Crippen molar-refractivity contribution in [1.82, 2.24) is 4.90 Å². The second-order valence-corrected chi connectivity index (χ2v) is 5.40. The van der Waals surface area contributed by atoms with Crippen LogP contribution in [0.25, 0.3) is 0 Å². The molecule has 1 N–H and O–H groups in total. The van der Waals surface area contributed by atoms with Crippen LogP contribution in [0.15, 0.2) is 24.3 Å². The fourth-order valence-corrected chi connectivity index (χ4v) is 2.42. The molecule has 2 rings (SSSR count). The van der Waals surface area contributed by atoms with Crippen LogP contribution in [0, 0.1) is 6.92 Å². The molecule has 0 aromatic heterocycles. The van der Waals surface area contributed by atoms with E-state index in [1.165, 1.54) is 0 Å². The van der Waals surface area contributed by atoms with E-state index >= 15 is 0 Å². The lowest BCUT2D eigenvalue weighted by atomic mass is 10.1. The zero-order chi connectivity index (χ0) is 15.2. The van der Waals surface area contributed by atoms with Crippen molar-refractivity contribution in [3.63, 3.8) is 0 Å². The molecule has 0 radical (unpaired) electrons. The van der Waals surface area contributed by atoms with Gasteiger partial charge in [0.2, 0.25) is 0 Å². The highest BCUT2D eigenvalue weighted by molar-refractivity contribution is 5.94. The summed E-state index contributed by atoms with van der Waals surface area (Å²) in [6, 6.07) is 7.32. The molecule has 0 aliphatic carbocycles. The Morgan fingerprint density at radius 3 is 2.62 bits per heavy atom. The minimum absolute atomic E-state index is 0.0215. The summed E-state index contributed by atoms with van der Waals surface area (Å²) in [4.78, 5) is 24.9. The summed E-state index contributed by atoms with van der Waals surface area (Å²) < 4.78 is 5.55. The second-order valence-electron chi connectivity index (χ2n) is 5.40. The lowest BCUT2D eigenvalue weighted by molar-refractivity contribution is -0.137. The van der Waals surface area contributed by atoms with E-state index in [1.807, 2.05) is 19.1 Å². The zero-order valence-corrected chi connectivity index (χ0v) is 12.2. The van der Waals surface area contributed by atoms with Gasteiger partial charge in [-0.3, -0.25) is 9.59 Å². The highest BCUT2D eigenvalue weighted by Gasteiger charge is 2.23. The molecule has 1 aliphatic rings.